The molecule has 2 heterocycles. The Morgan fingerprint density at radius 1 is 1.27 bits per heavy atom. The highest BCUT2D eigenvalue weighted by atomic mass is 35.5. The third-order valence-electron chi connectivity index (χ3n) is 5.46. The summed E-state index contributed by atoms with van der Waals surface area (Å²) in [6.45, 7) is 4.42. The number of carbonyl (C=O) groups excluding carboxylic acids is 1. The van der Waals surface area contributed by atoms with E-state index in [2.05, 4.69) is 5.09 Å². The molecule has 3 N–H and O–H groups in total. The number of halogens is 2. The molecule has 204 valence electrons. The van der Waals surface area contributed by atoms with Crippen molar-refractivity contribution in [2.75, 3.05) is 6.61 Å². The Morgan fingerprint density at radius 3 is 2.57 bits per heavy atom. The number of rotatable bonds is 11. The van der Waals surface area contributed by atoms with Gasteiger partial charge in [-0.25, -0.2) is 9.36 Å². The summed E-state index contributed by atoms with van der Waals surface area (Å²) in [6.07, 6.45) is -2.98. The molecule has 1 aromatic carbocycles. The summed E-state index contributed by atoms with van der Waals surface area (Å²) in [6, 6.07) is 8.03. The summed E-state index contributed by atoms with van der Waals surface area (Å²) in [5.74, 6) is -0.500. The van der Waals surface area contributed by atoms with E-state index in [1.165, 1.54) is 19.1 Å². The van der Waals surface area contributed by atoms with Crippen LogP contribution < -0.4 is 20.9 Å². The van der Waals surface area contributed by atoms with Gasteiger partial charge in [0.05, 0.1) is 12.7 Å². The molecule has 3 rings (SSSR count). The summed E-state index contributed by atoms with van der Waals surface area (Å²) >= 11 is 12.6. The van der Waals surface area contributed by atoms with Gasteiger partial charge in [0.2, 0.25) is 0 Å². The van der Waals surface area contributed by atoms with Crippen LogP contribution >= 0.6 is 30.9 Å². The van der Waals surface area contributed by atoms with Crippen LogP contribution in [0.2, 0.25) is 0 Å². The second kappa shape index (κ2) is 12.1. The summed E-state index contributed by atoms with van der Waals surface area (Å²) in [5, 5.41) is 13.2. The molecule has 1 aromatic heterocycles. The fourth-order valence-electron chi connectivity index (χ4n) is 3.27. The Morgan fingerprint density at radius 2 is 1.95 bits per heavy atom. The van der Waals surface area contributed by atoms with Gasteiger partial charge in [-0.3, -0.25) is 23.7 Å². The molecule has 0 saturated carbocycles. The van der Waals surface area contributed by atoms with Gasteiger partial charge in [-0.1, -0.05) is 48.3 Å². The molecule has 0 bridgehead atoms. The number of aliphatic hydroxyl groups is 1. The molecule has 15 heteroatoms. The maximum absolute atomic E-state index is 13.7. The third kappa shape index (κ3) is 7.23. The molecule has 12 nitrogen and oxygen atoms in total. The van der Waals surface area contributed by atoms with E-state index in [9.17, 15) is 24.1 Å². The molecule has 1 saturated heterocycles. The number of nitrogens with one attached hydrogen (secondary N) is 2. The van der Waals surface area contributed by atoms with Crippen LogP contribution in [0.25, 0.3) is 0 Å². The van der Waals surface area contributed by atoms with Crippen molar-refractivity contribution in [1.82, 2.24) is 14.6 Å². The second-order valence-corrected chi connectivity index (χ2v) is 11.5. The lowest BCUT2D eigenvalue weighted by molar-refractivity contribution is -0.150. The maximum Gasteiger partial charge on any atom is 0.459 e. The molecule has 0 amide bonds. The predicted molar refractivity (Wildman–Crippen MR) is 135 cm³/mol. The topological polar surface area (TPSA) is 158 Å². The fourth-order valence-corrected chi connectivity index (χ4v) is 5.37. The third-order valence-corrected chi connectivity index (χ3v) is 7.92. The first-order valence-corrected chi connectivity index (χ1v) is 13.7. The van der Waals surface area contributed by atoms with E-state index in [-0.39, 0.29) is 11.9 Å². The Hall–Kier alpha value is -2.18. The smallest absolute Gasteiger partial charge is 0.459 e. The standard InChI is InChI=1S/C22H28Cl2N3O9P/c1-4-13(2)34-19(30)14(3)26-37(32,36-15-8-6-5-7-9-15)33-12-16-18(29)22(23,24)20(35-16)27-11-10-17(28)25-21(27)31/h5-11,13-14,16,18,20,29H,4,12H2,1-3H3,(H,26,32)(H,25,28,31)/t13?,14-,16+,18+,20+,37?/m0/s1. The number of nitrogens with zero attached hydrogens (tertiary/aromatic N) is 1. The van der Waals surface area contributed by atoms with Crippen LogP contribution in [0.1, 0.15) is 33.4 Å². The molecular formula is C22H28Cl2N3O9P. The van der Waals surface area contributed by atoms with Crippen molar-refractivity contribution in [3.63, 3.8) is 0 Å². The van der Waals surface area contributed by atoms with Gasteiger partial charge in [-0.2, -0.15) is 5.09 Å². The lowest BCUT2D eigenvalue weighted by atomic mass is 10.2. The van der Waals surface area contributed by atoms with E-state index in [0.717, 1.165) is 16.8 Å². The van der Waals surface area contributed by atoms with Crippen LogP contribution in [0, 0.1) is 0 Å². The van der Waals surface area contributed by atoms with Gasteiger partial charge in [0.25, 0.3) is 5.56 Å². The van der Waals surface area contributed by atoms with E-state index in [0.29, 0.717) is 6.42 Å². The Labute approximate surface area is 222 Å². The Bertz CT molecular complexity index is 1240. The number of H-pyrrole nitrogens is 1. The summed E-state index contributed by atoms with van der Waals surface area (Å²) in [4.78, 5) is 38.1. The first kappa shape index (κ1) is 29.4. The Kier molecular flexibility index (Phi) is 9.62. The molecule has 0 radical (unpaired) electrons. The van der Waals surface area contributed by atoms with Crippen molar-refractivity contribution in [3.05, 3.63) is 63.4 Å². The number of aromatic amines is 1. The number of benzene rings is 1. The van der Waals surface area contributed by atoms with Crippen LogP contribution in [-0.2, 0) is 23.4 Å². The van der Waals surface area contributed by atoms with Gasteiger partial charge in [0, 0.05) is 12.3 Å². The summed E-state index contributed by atoms with van der Waals surface area (Å²) in [5.41, 5.74) is -1.52. The van der Waals surface area contributed by atoms with Crippen LogP contribution in [-0.4, -0.2) is 55.9 Å². The van der Waals surface area contributed by atoms with Crippen molar-refractivity contribution in [1.29, 1.82) is 0 Å². The zero-order chi connectivity index (χ0) is 27.4. The highest BCUT2D eigenvalue weighted by Gasteiger charge is 2.56. The largest absolute Gasteiger partial charge is 0.462 e. The molecule has 2 unspecified atom stereocenters. The molecule has 0 aliphatic carbocycles. The molecule has 1 aliphatic heterocycles. The van der Waals surface area contributed by atoms with Gasteiger partial charge in [-0.05, 0) is 32.4 Å². The van der Waals surface area contributed by atoms with Crippen molar-refractivity contribution in [2.24, 2.45) is 0 Å². The SMILES string of the molecule is CCC(C)OC(=O)[C@H](C)NP(=O)(OC[C@H]1O[C@@H](n2ccc(=O)[nH]c2=O)C(Cl)(Cl)[C@@H]1O)Oc1ccccc1. The second-order valence-electron chi connectivity index (χ2n) is 8.37. The van der Waals surface area contributed by atoms with Gasteiger partial charge in [0.1, 0.15) is 24.0 Å². The molecule has 6 atom stereocenters. The van der Waals surface area contributed by atoms with Crippen molar-refractivity contribution < 1.29 is 33.0 Å². The quantitative estimate of drug-likeness (QED) is 0.205. The first-order valence-electron chi connectivity index (χ1n) is 11.4. The monoisotopic (exact) mass is 579 g/mol. The van der Waals surface area contributed by atoms with E-state index >= 15 is 0 Å². The Balaban J connectivity index is 1.79. The number of hydrogen-bond donors (Lipinski definition) is 3. The number of ether oxygens (including phenoxy) is 2. The number of hydrogen-bond acceptors (Lipinski definition) is 9. The van der Waals surface area contributed by atoms with E-state index in [1.54, 1.807) is 25.1 Å². The van der Waals surface area contributed by atoms with Crippen molar-refractivity contribution in [3.8, 4) is 5.75 Å². The first-order chi connectivity index (χ1) is 17.4. The number of carbonyl (C=O) groups is 1. The highest BCUT2D eigenvalue weighted by molar-refractivity contribution is 7.52. The average Bonchev–Trinajstić information content (AvgIpc) is 3.06. The number of esters is 1. The maximum atomic E-state index is 13.7. The van der Waals surface area contributed by atoms with Gasteiger partial charge >= 0.3 is 19.4 Å². The number of para-hydroxylation sites is 1. The normalized spacial score (nSPS) is 24.1. The minimum atomic E-state index is -4.28. The zero-order valence-corrected chi connectivity index (χ0v) is 22.6. The molecule has 1 fully saturated rings. The van der Waals surface area contributed by atoms with Crippen molar-refractivity contribution >= 4 is 36.9 Å². The minimum Gasteiger partial charge on any atom is -0.462 e. The highest BCUT2D eigenvalue weighted by Crippen LogP contribution is 2.49. The van der Waals surface area contributed by atoms with Gasteiger partial charge in [0.15, 0.2) is 10.6 Å². The lowest BCUT2D eigenvalue weighted by Gasteiger charge is -2.25. The molecule has 0 spiro atoms. The van der Waals surface area contributed by atoms with E-state index < -0.39 is 60.4 Å². The minimum absolute atomic E-state index is 0.176. The average molecular weight is 580 g/mol. The zero-order valence-electron chi connectivity index (χ0n) is 20.2. The number of aliphatic hydroxyl groups excluding tert-OH is 1. The van der Waals surface area contributed by atoms with E-state index in [1.807, 2.05) is 11.9 Å². The van der Waals surface area contributed by atoms with Crippen LogP contribution in [0.4, 0.5) is 0 Å². The molecular weight excluding hydrogens is 552 g/mol. The molecule has 1 aliphatic rings. The van der Waals surface area contributed by atoms with Crippen LogP contribution in [0.15, 0.2) is 52.2 Å². The molecule has 2 aromatic rings. The summed E-state index contributed by atoms with van der Waals surface area (Å²) < 4.78 is 34.6. The van der Waals surface area contributed by atoms with Gasteiger partial charge in [-0.15, -0.1) is 0 Å². The number of alkyl halides is 2. The summed E-state index contributed by atoms with van der Waals surface area (Å²) in [7, 11) is -4.28. The van der Waals surface area contributed by atoms with Crippen LogP contribution in [0.5, 0.6) is 5.75 Å². The van der Waals surface area contributed by atoms with Crippen molar-refractivity contribution in [2.45, 2.75) is 62.1 Å². The van der Waals surface area contributed by atoms with Gasteiger partial charge < -0.3 is 19.1 Å². The molecule has 37 heavy (non-hydrogen) atoms. The number of aromatic nitrogens is 2. The van der Waals surface area contributed by atoms with Crippen LogP contribution in [0.3, 0.4) is 0 Å². The predicted octanol–water partition coefficient (Wildman–Crippen LogP) is 2.49. The fraction of sp³-hybridized carbons (Fsp3) is 0.500. The lowest BCUT2D eigenvalue weighted by Crippen LogP contribution is -2.41. The van der Waals surface area contributed by atoms with E-state index in [4.69, 9.17) is 41.7 Å².